The molecule has 0 atom stereocenters. The minimum absolute atomic E-state index is 0.00197. The first-order chi connectivity index (χ1) is 10.2. The molecule has 1 N–H and O–H groups in total. The van der Waals surface area contributed by atoms with E-state index in [9.17, 15) is 10.1 Å². The van der Waals surface area contributed by atoms with Gasteiger partial charge in [0.05, 0.1) is 11.0 Å². The number of nitro benzene ring substituents is 1. The van der Waals surface area contributed by atoms with E-state index in [0.29, 0.717) is 12.4 Å². The Morgan fingerprint density at radius 3 is 2.62 bits per heavy atom. The van der Waals surface area contributed by atoms with Crippen LogP contribution in [0.15, 0.2) is 48.5 Å². The third-order valence-corrected chi connectivity index (χ3v) is 2.70. The van der Waals surface area contributed by atoms with Crippen LogP contribution >= 0.6 is 0 Å². The Morgan fingerprint density at radius 2 is 1.95 bits per heavy atom. The predicted octanol–water partition coefficient (Wildman–Crippen LogP) is 2.52. The highest BCUT2D eigenvalue weighted by atomic mass is 16.6. The van der Waals surface area contributed by atoms with Crippen molar-refractivity contribution in [1.82, 2.24) is 0 Å². The molecule has 0 aliphatic rings. The summed E-state index contributed by atoms with van der Waals surface area (Å²) in [5.41, 5.74) is 1.74. The molecule has 0 aliphatic carbocycles. The number of non-ortho nitro benzene ring substituents is 1. The van der Waals surface area contributed by atoms with E-state index >= 15 is 0 Å². The maximum absolute atomic E-state index is 10.7. The average molecular weight is 283 g/mol. The Labute approximate surface area is 122 Å². The van der Waals surface area contributed by atoms with E-state index in [1.807, 2.05) is 24.3 Å². The molecule has 0 aliphatic heterocycles. The molecule has 21 heavy (non-hydrogen) atoms. The minimum Gasteiger partial charge on any atom is -0.489 e. The van der Waals surface area contributed by atoms with Crippen molar-refractivity contribution in [2.45, 2.75) is 6.61 Å². The van der Waals surface area contributed by atoms with E-state index in [-0.39, 0.29) is 12.3 Å². The predicted molar refractivity (Wildman–Crippen MR) is 77.8 cm³/mol. The molecule has 0 heterocycles. The van der Waals surface area contributed by atoms with Gasteiger partial charge in [-0.15, -0.1) is 0 Å². The Bertz CT molecular complexity index is 683. The summed E-state index contributed by atoms with van der Waals surface area (Å²) in [5.74, 6) is 5.82. The maximum atomic E-state index is 10.7. The van der Waals surface area contributed by atoms with Gasteiger partial charge in [-0.2, -0.15) is 0 Å². The Hall–Kier alpha value is -2.84. The van der Waals surface area contributed by atoms with Gasteiger partial charge in [0.25, 0.3) is 5.69 Å². The minimum atomic E-state index is -0.457. The molecule has 2 rings (SSSR count). The monoisotopic (exact) mass is 283 g/mol. The third kappa shape index (κ3) is 4.34. The van der Waals surface area contributed by atoms with E-state index in [1.54, 1.807) is 12.1 Å². The molecule has 0 fully saturated rings. The average Bonchev–Trinajstić information content (AvgIpc) is 2.52. The van der Waals surface area contributed by atoms with E-state index in [1.165, 1.54) is 12.1 Å². The second-order valence-corrected chi connectivity index (χ2v) is 4.20. The van der Waals surface area contributed by atoms with Gasteiger partial charge >= 0.3 is 0 Å². The van der Waals surface area contributed by atoms with Crippen LogP contribution in [0.2, 0.25) is 0 Å². The van der Waals surface area contributed by atoms with E-state index in [0.717, 1.165) is 11.1 Å². The van der Waals surface area contributed by atoms with Gasteiger partial charge in [-0.25, -0.2) is 0 Å². The molecule has 0 unspecified atom stereocenters. The number of nitro groups is 1. The van der Waals surface area contributed by atoms with Crippen LogP contribution in [0.1, 0.15) is 11.1 Å². The highest BCUT2D eigenvalue weighted by molar-refractivity contribution is 5.39. The number of aliphatic hydroxyl groups is 1. The highest BCUT2D eigenvalue weighted by Crippen LogP contribution is 2.20. The Kier molecular flexibility index (Phi) is 4.91. The lowest BCUT2D eigenvalue weighted by atomic mass is 10.1. The summed E-state index contributed by atoms with van der Waals surface area (Å²) < 4.78 is 5.52. The topological polar surface area (TPSA) is 72.6 Å². The number of benzene rings is 2. The summed E-state index contributed by atoms with van der Waals surface area (Å²) in [4.78, 5) is 10.2. The van der Waals surface area contributed by atoms with Crippen LogP contribution in [0, 0.1) is 22.0 Å². The molecule has 106 valence electrons. The normalized spacial score (nSPS) is 9.57. The fraction of sp³-hybridized carbons (Fsp3) is 0.125. The molecule has 5 heteroatoms. The molecule has 0 amide bonds. The van der Waals surface area contributed by atoms with E-state index in [2.05, 4.69) is 11.8 Å². The van der Waals surface area contributed by atoms with Crippen LogP contribution in [0.4, 0.5) is 5.69 Å². The zero-order chi connectivity index (χ0) is 15.1. The van der Waals surface area contributed by atoms with Gasteiger partial charge in [0.2, 0.25) is 0 Å². The number of rotatable bonds is 4. The molecule has 0 saturated carbocycles. The quantitative estimate of drug-likeness (QED) is 0.531. The van der Waals surface area contributed by atoms with Gasteiger partial charge in [0.15, 0.2) is 0 Å². The number of ether oxygens (including phenoxy) is 1. The lowest BCUT2D eigenvalue weighted by Gasteiger charge is -2.06. The fourth-order valence-corrected chi connectivity index (χ4v) is 1.68. The number of hydrogen-bond acceptors (Lipinski definition) is 4. The second-order valence-electron chi connectivity index (χ2n) is 4.20. The first-order valence-electron chi connectivity index (χ1n) is 6.25. The SMILES string of the molecule is O=[N+]([O-])c1cccc(OCc2ccc(C#CCO)cc2)c1. The summed E-state index contributed by atoms with van der Waals surface area (Å²) in [5, 5.41) is 19.3. The molecular formula is C16H13NO4. The molecule has 2 aromatic rings. The van der Waals surface area contributed by atoms with Gasteiger partial charge in [-0.3, -0.25) is 10.1 Å². The van der Waals surface area contributed by atoms with E-state index < -0.39 is 4.92 Å². The van der Waals surface area contributed by atoms with E-state index in [4.69, 9.17) is 9.84 Å². The third-order valence-electron chi connectivity index (χ3n) is 2.70. The van der Waals surface area contributed by atoms with Gasteiger partial charge in [-0.05, 0) is 23.8 Å². The number of aliphatic hydroxyl groups excluding tert-OH is 1. The summed E-state index contributed by atoms with van der Waals surface area (Å²) >= 11 is 0. The lowest BCUT2D eigenvalue weighted by Crippen LogP contribution is -1.96. The van der Waals surface area contributed by atoms with Gasteiger partial charge in [0.1, 0.15) is 19.0 Å². The summed E-state index contributed by atoms with van der Waals surface area (Å²) in [6.45, 7) is 0.145. The van der Waals surface area contributed by atoms with Crippen molar-refractivity contribution >= 4 is 5.69 Å². The Balaban J connectivity index is 1.99. The lowest BCUT2D eigenvalue weighted by molar-refractivity contribution is -0.384. The van der Waals surface area contributed by atoms with Crippen molar-refractivity contribution < 1.29 is 14.8 Å². The van der Waals surface area contributed by atoms with Crippen LogP contribution < -0.4 is 4.74 Å². The number of hydrogen-bond donors (Lipinski definition) is 1. The van der Waals surface area contributed by atoms with Crippen LogP contribution in [0.25, 0.3) is 0 Å². The van der Waals surface area contributed by atoms with Gasteiger partial charge in [-0.1, -0.05) is 30.0 Å². The van der Waals surface area contributed by atoms with Crippen molar-refractivity contribution in [1.29, 1.82) is 0 Å². The van der Waals surface area contributed by atoms with Gasteiger partial charge in [0, 0.05) is 11.6 Å². The maximum Gasteiger partial charge on any atom is 0.273 e. The van der Waals surface area contributed by atoms with Crippen molar-refractivity contribution in [3.63, 3.8) is 0 Å². The smallest absolute Gasteiger partial charge is 0.273 e. The largest absolute Gasteiger partial charge is 0.489 e. The second kappa shape index (κ2) is 7.08. The van der Waals surface area contributed by atoms with Crippen LogP contribution in [-0.2, 0) is 6.61 Å². The van der Waals surface area contributed by atoms with Crippen molar-refractivity contribution in [2.24, 2.45) is 0 Å². The molecule has 2 aromatic carbocycles. The van der Waals surface area contributed by atoms with Crippen LogP contribution in [0.3, 0.4) is 0 Å². The van der Waals surface area contributed by atoms with Crippen molar-refractivity contribution in [3.8, 4) is 17.6 Å². The molecule has 0 aromatic heterocycles. The molecular weight excluding hydrogens is 270 g/mol. The highest BCUT2D eigenvalue weighted by Gasteiger charge is 2.06. The van der Waals surface area contributed by atoms with Crippen LogP contribution in [0.5, 0.6) is 5.75 Å². The molecule has 5 nitrogen and oxygen atoms in total. The summed E-state index contributed by atoms with van der Waals surface area (Å²) in [6, 6.07) is 13.4. The standard InChI is InChI=1S/C16H13NO4/c18-10-2-3-13-6-8-14(9-7-13)12-21-16-5-1-4-15(11-16)17(19)20/h1,4-9,11,18H,10,12H2. The zero-order valence-electron chi connectivity index (χ0n) is 11.2. The van der Waals surface area contributed by atoms with Gasteiger partial charge < -0.3 is 9.84 Å². The zero-order valence-corrected chi connectivity index (χ0v) is 11.2. The first kappa shape index (κ1) is 14.6. The molecule has 0 bridgehead atoms. The Morgan fingerprint density at radius 1 is 1.19 bits per heavy atom. The summed E-state index contributed by atoms with van der Waals surface area (Å²) in [7, 11) is 0. The summed E-state index contributed by atoms with van der Waals surface area (Å²) in [6.07, 6.45) is 0. The number of nitrogens with zero attached hydrogens (tertiary/aromatic N) is 1. The van der Waals surface area contributed by atoms with Crippen molar-refractivity contribution in [3.05, 3.63) is 69.8 Å². The van der Waals surface area contributed by atoms with Crippen molar-refractivity contribution in [2.75, 3.05) is 6.61 Å². The first-order valence-corrected chi connectivity index (χ1v) is 6.25. The molecule has 0 radical (unpaired) electrons. The molecule has 0 spiro atoms. The fourth-order valence-electron chi connectivity index (χ4n) is 1.68. The van der Waals surface area contributed by atoms with Crippen LogP contribution in [-0.4, -0.2) is 16.6 Å². The molecule has 0 saturated heterocycles.